The highest BCUT2D eigenvalue weighted by Gasteiger charge is 2.10. The van der Waals surface area contributed by atoms with Gasteiger partial charge in [0.2, 0.25) is 0 Å². The molecule has 2 nitrogen and oxygen atoms in total. The van der Waals surface area contributed by atoms with Crippen LogP contribution in [-0.4, -0.2) is 6.29 Å². The molecule has 0 fully saturated rings. The van der Waals surface area contributed by atoms with Crippen LogP contribution in [-0.2, 0) is 6.61 Å². The highest BCUT2D eigenvalue weighted by Crippen LogP contribution is 2.32. The van der Waals surface area contributed by atoms with Gasteiger partial charge in [-0.15, -0.1) is 0 Å². The van der Waals surface area contributed by atoms with Gasteiger partial charge in [-0.25, -0.2) is 0 Å². The molecule has 0 bridgehead atoms. The molecule has 0 atom stereocenters. The third-order valence-corrected chi connectivity index (χ3v) is 3.20. The summed E-state index contributed by atoms with van der Waals surface area (Å²) in [5.41, 5.74) is 1.47. The zero-order valence-electron chi connectivity index (χ0n) is 9.40. The first kappa shape index (κ1) is 13.1. The SMILES string of the molecule is O=Cc1cc(Cl)cc(Br)c1OCc1ccccc1. The lowest BCUT2D eigenvalue weighted by atomic mass is 10.2. The molecule has 0 heterocycles. The number of ether oxygens (including phenoxy) is 1. The van der Waals surface area contributed by atoms with Crippen molar-refractivity contribution in [1.29, 1.82) is 0 Å². The molecule has 4 heteroatoms. The zero-order chi connectivity index (χ0) is 13.0. The molecule has 0 aliphatic carbocycles. The molecule has 0 aliphatic rings. The molecule has 92 valence electrons. The maximum atomic E-state index is 11.0. The fourth-order valence-electron chi connectivity index (χ4n) is 1.55. The average molecular weight is 326 g/mol. The van der Waals surface area contributed by atoms with Gasteiger partial charge in [-0.1, -0.05) is 41.9 Å². The molecular weight excluding hydrogens is 316 g/mol. The molecule has 0 aliphatic heterocycles. The molecule has 2 aromatic rings. The molecule has 0 amide bonds. The van der Waals surface area contributed by atoms with Crippen LogP contribution in [0.15, 0.2) is 46.9 Å². The second-order valence-electron chi connectivity index (χ2n) is 3.70. The van der Waals surface area contributed by atoms with E-state index in [2.05, 4.69) is 15.9 Å². The Kier molecular flexibility index (Phi) is 4.39. The molecule has 0 spiro atoms. The lowest BCUT2D eigenvalue weighted by molar-refractivity contribution is 0.111. The average Bonchev–Trinajstić information content (AvgIpc) is 2.38. The number of hydrogen-bond acceptors (Lipinski definition) is 2. The van der Waals surface area contributed by atoms with E-state index in [0.29, 0.717) is 27.4 Å². The van der Waals surface area contributed by atoms with Crippen molar-refractivity contribution >= 4 is 33.8 Å². The van der Waals surface area contributed by atoms with Crippen LogP contribution >= 0.6 is 27.5 Å². The Labute approximate surface area is 119 Å². The van der Waals surface area contributed by atoms with E-state index in [1.54, 1.807) is 12.1 Å². The van der Waals surface area contributed by atoms with E-state index in [-0.39, 0.29) is 0 Å². The highest BCUT2D eigenvalue weighted by molar-refractivity contribution is 9.10. The lowest BCUT2D eigenvalue weighted by Crippen LogP contribution is -1.99. The fourth-order valence-corrected chi connectivity index (χ4v) is 2.50. The molecular formula is C14H10BrClO2. The minimum atomic E-state index is 0.405. The van der Waals surface area contributed by atoms with Crippen LogP contribution in [0.3, 0.4) is 0 Å². The van der Waals surface area contributed by atoms with Crippen molar-refractivity contribution in [1.82, 2.24) is 0 Å². The molecule has 18 heavy (non-hydrogen) atoms. The van der Waals surface area contributed by atoms with E-state index in [0.717, 1.165) is 11.8 Å². The standard InChI is InChI=1S/C14H10BrClO2/c15-13-7-12(16)6-11(8-17)14(13)18-9-10-4-2-1-3-5-10/h1-8H,9H2. The summed E-state index contributed by atoms with van der Waals surface area (Å²) in [5.74, 6) is 0.512. The summed E-state index contributed by atoms with van der Waals surface area (Å²) in [4.78, 5) is 11.0. The van der Waals surface area contributed by atoms with Gasteiger partial charge in [0.15, 0.2) is 6.29 Å². The van der Waals surface area contributed by atoms with Crippen LogP contribution in [0.2, 0.25) is 5.02 Å². The monoisotopic (exact) mass is 324 g/mol. The predicted molar refractivity (Wildman–Crippen MR) is 75.3 cm³/mol. The first-order valence-electron chi connectivity index (χ1n) is 5.31. The smallest absolute Gasteiger partial charge is 0.153 e. The summed E-state index contributed by atoms with van der Waals surface area (Å²) in [6, 6.07) is 13.0. The molecule has 2 rings (SSSR count). The van der Waals surface area contributed by atoms with Gasteiger partial charge in [-0.3, -0.25) is 4.79 Å². The quantitative estimate of drug-likeness (QED) is 0.774. The Morgan fingerprint density at radius 3 is 2.61 bits per heavy atom. The number of rotatable bonds is 4. The van der Waals surface area contributed by atoms with Crippen molar-refractivity contribution in [3.8, 4) is 5.75 Å². The van der Waals surface area contributed by atoms with Crippen molar-refractivity contribution in [2.45, 2.75) is 6.61 Å². The molecule has 0 radical (unpaired) electrons. The number of carbonyl (C=O) groups is 1. The van der Waals surface area contributed by atoms with Gasteiger partial charge in [0.25, 0.3) is 0 Å². The largest absolute Gasteiger partial charge is 0.487 e. The first-order valence-corrected chi connectivity index (χ1v) is 6.49. The first-order chi connectivity index (χ1) is 8.70. The zero-order valence-corrected chi connectivity index (χ0v) is 11.7. The van der Waals surface area contributed by atoms with Crippen LogP contribution in [0.25, 0.3) is 0 Å². The van der Waals surface area contributed by atoms with Gasteiger partial charge in [0.1, 0.15) is 12.4 Å². The van der Waals surface area contributed by atoms with E-state index < -0.39 is 0 Å². The Morgan fingerprint density at radius 2 is 1.94 bits per heavy atom. The summed E-state index contributed by atoms with van der Waals surface area (Å²) in [6.07, 6.45) is 0.733. The number of carbonyl (C=O) groups excluding carboxylic acids is 1. The van der Waals surface area contributed by atoms with E-state index in [4.69, 9.17) is 16.3 Å². The van der Waals surface area contributed by atoms with E-state index in [1.165, 1.54) is 0 Å². The van der Waals surface area contributed by atoms with Crippen molar-refractivity contribution in [3.63, 3.8) is 0 Å². The van der Waals surface area contributed by atoms with Gasteiger partial charge < -0.3 is 4.74 Å². The van der Waals surface area contributed by atoms with Gasteiger partial charge in [0, 0.05) is 5.02 Å². The van der Waals surface area contributed by atoms with Gasteiger partial charge >= 0.3 is 0 Å². The van der Waals surface area contributed by atoms with Gasteiger partial charge in [0.05, 0.1) is 10.0 Å². The van der Waals surface area contributed by atoms with Crippen LogP contribution in [0.4, 0.5) is 0 Å². The molecule has 0 unspecified atom stereocenters. The Hall–Kier alpha value is -1.32. The van der Waals surface area contributed by atoms with Crippen molar-refractivity contribution < 1.29 is 9.53 Å². The van der Waals surface area contributed by atoms with Gasteiger partial charge in [-0.2, -0.15) is 0 Å². The Bertz CT molecular complexity index is 555. The van der Waals surface area contributed by atoms with Gasteiger partial charge in [-0.05, 0) is 33.6 Å². The van der Waals surface area contributed by atoms with Crippen molar-refractivity contribution in [2.75, 3.05) is 0 Å². The second-order valence-corrected chi connectivity index (χ2v) is 4.99. The third-order valence-electron chi connectivity index (χ3n) is 2.39. The Balaban J connectivity index is 2.21. The summed E-state index contributed by atoms with van der Waals surface area (Å²) >= 11 is 9.22. The summed E-state index contributed by atoms with van der Waals surface area (Å²) in [5, 5.41) is 0.496. The van der Waals surface area contributed by atoms with E-state index in [9.17, 15) is 4.79 Å². The minimum absolute atomic E-state index is 0.405. The number of halogens is 2. The van der Waals surface area contributed by atoms with Crippen LogP contribution in [0.1, 0.15) is 15.9 Å². The summed E-state index contributed by atoms with van der Waals surface area (Å²) in [7, 11) is 0. The maximum absolute atomic E-state index is 11.0. The van der Waals surface area contributed by atoms with Crippen LogP contribution < -0.4 is 4.74 Å². The van der Waals surface area contributed by atoms with E-state index in [1.807, 2.05) is 30.3 Å². The molecule has 0 saturated carbocycles. The molecule has 2 aromatic carbocycles. The predicted octanol–water partition coefficient (Wildman–Crippen LogP) is 4.49. The fraction of sp³-hybridized carbons (Fsp3) is 0.0714. The number of aldehydes is 1. The summed E-state index contributed by atoms with van der Waals surface area (Å²) < 4.78 is 6.34. The lowest BCUT2D eigenvalue weighted by Gasteiger charge is -2.11. The second kappa shape index (κ2) is 6.03. The summed E-state index contributed by atoms with van der Waals surface area (Å²) in [6.45, 7) is 0.405. The molecule has 0 saturated heterocycles. The van der Waals surface area contributed by atoms with Crippen LogP contribution in [0, 0.1) is 0 Å². The topological polar surface area (TPSA) is 26.3 Å². The van der Waals surface area contributed by atoms with Crippen LogP contribution in [0.5, 0.6) is 5.75 Å². The minimum Gasteiger partial charge on any atom is -0.487 e. The molecule has 0 aromatic heterocycles. The molecule has 0 N–H and O–H groups in total. The number of benzene rings is 2. The highest BCUT2D eigenvalue weighted by atomic mass is 79.9. The maximum Gasteiger partial charge on any atom is 0.153 e. The normalized spacial score (nSPS) is 10.1. The Morgan fingerprint density at radius 1 is 1.22 bits per heavy atom. The third kappa shape index (κ3) is 3.12. The van der Waals surface area contributed by atoms with E-state index >= 15 is 0 Å². The van der Waals surface area contributed by atoms with Crippen molar-refractivity contribution in [2.24, 2.45) is 0 Å². The number of hydrogen-bond donors (Lipinski definition) is 0. The van der Waals surface area contributed by atoms with Crippen molar-refractivity contribution in [3.05, 3.63) is 63.1 Å².